The summed E-state index contributed by atoms with van der Waals surface area (Å²) in [5.74, 6) is -2.24. The molecule has 0 aliphatic carbocycles. The molecule has 6 amide bonds. The standard InChI is InChI=1S/C43H43N7O6S/c1-26-13-6-8-16-31(26)47-38-33(48-40(53)30-25-57-35-18-9-7-14-28(30)35)23-27(24-46-38)39(52)45-22-11-5-3-2-4-10-21-44-32-17-12-15-29-37(32)43(56)50(42(29)55)34-19-20-36(51)49-41(34)54/h6-9,12-18,23-25,34,44H,2-5,10-11,19-22H2,1H3,(H,45,52)(H,46,47)(H,48,53)(H,49,51,54). The number of unbranched alkanes of at least 4 members (excludes halogenated alkanes) is 5. The lowest BCUT2D eigenvalue weighted by molar-refractivity contribution is -0.136. The number of piperidine rings is 1. The van der Waals surface area contributed by atoms with Crippen LogP contribution in [0.4, 0.5) is 22.9 Å². The van der Waals surface area contributed by atoms with Crippen LogP contribution in [-0.4, -0.2) is 64.5 Å². The van der Waals surface area contributed by atoms with Gasteiger partial charge in [0.2, 0.25) is 11.8 Å². The highest BCUT2D eigenvalue weighted by Gasteiger charge is 2.45. The van der Waals surface area contributed by atoms with E-state index in [1.165, 1.54) is 17.5 Å². The van der Waals surface area contributed by atoms with Crippen LogP contribution in [0.1, 0.15) is 98.4 Å². The normalized spacial score (nSPS) is 15.0. The minimum atomic E-state index is -1.00. The summed E-state index contributed by atoms with van der Waals surface area (Å²) in [6.45, 7) is 3.07. The largest absolute Gasteiger partial charge is 0.384 e. The molecule has 1 fully saturated rings. The van der Waals surface area contributed by atoms with Gasteiger partial charge in [-0.1, -0.05) is 68.1 Å². The van der Waals surface area contributed by atoms with Gasteiger partial charge < -0.3 is 21.3 Å². The van der Waals surface area contributed by atoms with Gasteiger partial charge in [0, 0.05) is 52.5 Å². The summed E-state index contributed by atoms with van der Waals surface area (Å²) in [7, 11) is 0. The fourth-order valence-electron chi connectivity index (χ4n) is 7.11. The summed E-state index contributed by atoms with van der Waals surface area (Å²) in [5, 5.41) is 17.5. The number of benzene rings is 3. The topological polar surface area (TPSA) is 179 Å². The summed E-state index contributed by atoms with van der Waals surface area (Å²) in [5.41, 5.74) is 4.18. The molecular formula is C43H43N7O6S. The minimum absolute atomic E-state index is 0.0707. The van der Waals surface area contributed by atoms with Crippen molar-refractivity contribution in [3.05, 3.63) is 112 Å². The lowest BCUT2D eigenvalue weighted by atomic mass is 10.0. The molecule has 2 aromatic heterocycles. The Morgan fingerprint density at radius 2 is 1.56 bits per heavy atom. The number of para-hydroxylation sites is 1. The summed E-state index contributed by atoms with van der Waals surface area (Å²) in [6, 6.07) is 21.2. The molecule has 3 aromatic carbocycles. The van der Waals surface area contributed by atoms with E-state index in [4.69, 9.17) is 0 Å². The van der Waals surface area contributed by atoms with Crippen LogP contribution < -0.4 is 26.6 Å². The van der Waals surface area contributed by atoms with Crippen molar-refractivity contribution < 1.29 is 28.8 Å². The zero-order valence-corrected chi connectivity index (χ0v) is 32.3. The van der Waals surface area contributed by atoms with Crippen LogP contribution in [-0.2, 0) is 9.59 Å². The molecule has 4 heterocycles. The van der Waals surface area contributed by atoms with E-state index in [-0.39, 0.29) is 35.8 Å². The number of anilines is 4. The molecule has 2 aliphatic rings. The van der Waals surface area contributed by atoms with Crippen molar-refractivity contribution in [2.75, 3.05) is 29.0 Å². The van der Waals surface area contributed by atoms with E-state index in [9.17, 15) is 28.8 Å². The van der Waals surface area contributed by atoms with Crippen LogP contribution in [0.5, 0.6) is 0 Å². The average Bonchev–Trinajstić information content (AvgIpc) is 3.75. The Bertz CT molecular complexity index is 2380. The van der Waals surface area contributed by atoms with Crippen molar-refractivity contribution >= 4 is 79.7 Å². The Hall–Kier alpha value is -6.41. The number of amides is 6. The molecule has 2 aliphatic heterocycles. The van der Waals surface area contributed by atoms with E-state index in [0.717, 1.165) is 64.8 Å². The molecule has 5 N–H and O–H groups in total. The van der Waals surface area contributed by atoms with Crippen molar-refractivity contribution in [2.24, 2.45) is 0 Å². The van der Waals surface area contributed by atoms with Crippen LogP contribution in [0.2, 0.25) is 0 Å². The Labute approximate surface area is 333 Å². The number of imide groups is 2. The summed E-state index contributed by atoms with van der Waals surface area (Å²) in [4.78, 5) is 82.6. The zero-order chi connectivity index (χ0) is 39.9. The monoisotopic (exact) mass is 785 g/mol. The number of aryl methyl sites for hydroxylation is 1. The maximum Gasteiger partial charge on any atom is 0.264 e. The molecule has 5 aromatic rings. The van der Waals surface area contributed by atoms with Crippen molar-refractivity contribution in [3.8, 4) is 0 Å². The van der Waals surface area contributed by atoms with Gasteiger partial charge in [0.15, 0.2) is 5.82 Å². The van der Waals surface area contributed by atoms with E-state index in [1.54, 1.807) is 24.3 Å². The second kappa shape index (κ2) is 17.6. The smallest absolute Gasteiger partial charge is 0.264 e. The van der Waals surface area contributed by atoms with Gasteiger partial charge in [-0.2, -0.15) is 0 Å². The van der Waals surface area contributed by atoms with E-state index >= 15 is 0 Å². The van der Waals surface area contributed by atoms with Crippen LogP contribution in [0.3, 0.4) is 0 Å². The second-order valence-electron chi connectivity index (χ2n) is 14.1. The van der Waals surface area contributed by atoms with E-state index in [0.29, 0.717) is 41.4 Å². The maximum atomic E-state index is 13.5. The molecule has 1 atom stereocenters. The fraction of sp³-hybridized carbons (Fsp3) is 0.279. The molecule has 1 saturated heterocycles. The molecule has 0 bridgehead atoms. The van der Waals surface area contributed by atoms with E-state index < -0.39 is 29.7 Å². The van der Waals surface area contributed by atoms with Crippen LogP contribution in [0.25, 0.3) is 10.1 Å². The highest BCUT2D eigenvalue weighted by atomic mass is 32.1. The fourth-order valence-corrected chi connectivity index (χ4v) is 8.06. The first-order valence-corrected chi connectivity index (χ1v) is 20.0. The highest BCUT2D eigenvalue weighted by molar-refractivity contribution is 7.17. The maximum absolute atomic E-state index is 13.5. The summed E-state index contributed by atoms with van der Waals surface area (Å²) < 4.78 is 1.01. The number of rotatable bonds is 16. The Kier molecular flexibility index (Phi) is 12.0. The number of carbonyl (C=O) groups is 6. The first-order chi connectivity index (χ1) is 27.7. The second-order valence-corrected chi connectivity index (χ2v) is 15.1. The third-order valence-corrected chi connectivity index (χ3v) is 11.2. The third-order valence-electron chi connectivity index (χ3n) is 10.2. The Balaban J connectivity index is 0.859. The number of hydrogen-bond acceptors (Lipinski definition) is 10. The average molecular weight is 786 g/mol. The molecular weight excluding hydrogens is 743 g/mol. The molecule has 292 valence electrons. The molecule has 57 heavy (non-hydrogen) atoms. The van der Waals surface area contributed by atoms with Crippen LogP contribution in [0, 0.1) is 6.92 Å². The van der Waals surface area contributed by atoms with Crippen LogP contribution >= 0.6 is 11.3 Å². The van der Waals surface area contributed by atoms with Gasteiger partial charge in [0.05, 0.1) is 27.9 Å². The number of fused-ring (bicyclic) bond motifs is 2. The molecule has 0 radical (unpaired) electrons. The van der Waals surface area contributed by atoms with Gasteiger partial charge in [-0.15, -0.1) is 11.3 Å². The van der Waals surface area contributed by atoms with Crippen LogP contribution in [0.15, 0.2) is 84.4 Å². The number of carbonyl (C=O) groups excluding carboxylic acids is 6. The number of pyridine rings is 1. The number of hydrogen-bond donors (Lipinski definition) is 5. The third kappa shape index (κ3) is 8.70. The molecule has 1 unspecified atom stereocenters. The lowest BCUT2D eigenvalue weighted by Crippen LogP contribution is -2.54. The van der Waals surface area contributed by atoms with Gasteiger partial charge in [-0.3, -0.25) is 39.0 Å². The summed E-state index contributed by atoms with van der Waals surface area (Å²) in [6.07, 6.45) is 7.20. The number of thiophene rings is 1. The number of nitrogens with zero attached hydrogens (tertiary/aromatic N) is 2. The molecule has 13 nitrogen and oxygen atoms in total. The Morgan fingerprint density at radius 1 is 0.825 bits per heavy atom. The van der Waals surface area contributed by atoms with E-state index in [2.05, 4.69) is 31.6 Å². The molecule has 14 heteroatoms. The Morgan fingerprint density at radius 3 is 2.37 bits per heavy atom. The highest BCUT2D eigenvalue weighted by Crippen LogP contribution is 2.33. The van der Waals surface area contributed by atoms with Crippen molar-refractivity contribution in [3.63, 3.8) is 0 Å². The van der Waals surface area contributed by atoms with Gasteiger partial charge in [0.1, 0.15) is 6.04 Å². The molecule has 0 spiro atoms. The summed E-state index contributed by atoms with van der Waals surface area (Å²) >= 11 is 1.50. The molecule has 7 rings (SSSR count). The number of aromatic nitrogens is 1. The van der Waals surface area contributed by atoms with Crippen molar-refractivity contribution in [1.82, 2.24) is 20.5 Å². The number of nitrogens with one attached hydrogen (secondary N) is 5. The van der Waals surface area contributed by atoms with Gasteiger partial charge in [-0.25, -0.2) is 4.98 Å². The predicted octanol–water partition coefficient (Wildman–Crippen LogP) is 7.18. The molecule has 0 saturated carbocycles. The minimum Gasteiger partial charge on any atom is -0.384 e. The van der Waals surface area contributed by atoms with Crippen molar-refractivity contribution in [2.45, 2.75) is 64.3 Å². The SMILES string of the molecule is Cc1ccccc1Nc1ncc(C(=O)NCCCCCCCCNc2cccc3c2C(=O)N(C2CCC(=O)NC2=O)C3=O)cc1NC(=O)c1csc2ccccc12. The lowest BCUT2D eigenvalue weighted by Gasteiger charge is -2.27. The zero-order valence-electron chi connectivity index (χ0n) is 31.5. The van der Waals surface area contributed by atoms with Gasteiger partial charge in [-0.05, 0) is 62.1 Å². The first-order valence-electron chi connectivity index (χ1n) is 19.2. The van der Waals surface area contributed by atoms with E-state index in [1.807, 2.05) is 60.8 Å². The quantitative estimate of drug-likeness (QED) is 0.0512. The van der Waals surface area contributed by atoms with Crippen molar-refractivity contribution in [1.29, 1.82) is 0 Å². The predicted molar refractivity (Wildman–Crippen MR) is 220 cm³/mol. The van der Waals surface area contributed by atoms with Gasteiger partial charge in [0.25, 0.3) is 23.6 Å². The first kappa shape index (κ1) is 38.8. The van der Waals surface area contributed by atoms with Gasteiger partial charge >= 0.3 is 0 Å².